The number of benzene rings is 3. The number of hydrogen-bond donors (Lipinski definition) is 0. The van der Waals surface area contributed by atoms with Crippen LogP contribution in [0.4, 0.5) is 0 Å². The van der Waals surface area contributed by atoms with Crippen LogP contribution in [-0.4, -0.2) is 30.5 Å². The third-order valence-electron chi connectivity index (χ3n) is 6.63. The monoisotopic (exact) mass is 527 g/mol. The van der Waals surface area contributed by atoms with Gasteiger partial charge in [0.2, 0.25) is 5.91 Å². The Labute approximate surface area is 233 Å². The van der Waals surface area contributed by atoms with Crippen LogP contribution >= 0.6 is 0 Å². The highest BCUT2D eigenvalue weighted by molar-refractivity contribution is 5.91. The lowest BCUT2D eigenvalue weighted by Crippen LogP contribution is -2.28. The molecule has 0 spiro atoms. The summed E-state index contributed by atoms with van der Waals surface area (Å²) in [4.78, 5) is 26.5. The zero-order valence-electron chi connectivity index (χ0n) is 23.3. The van der Waals surface area contributed by atoms with E-state index >= 15 is 0 Å². The summed E-state index contributed by atoms with van der Waals surface area (Å²) in [5.41, 5.74) is 4.40. The van der Waals surface area contributed by atoms with Gasteiger partial charge in [-0.15, -0.1) is 0 Å². The van der Waals surface area contributed by atoms with Crippen molar-refractivity contribution in [1.29, 1.82) is 0 Å². The molecule has 0 N–H and O–H groups in total. The molecule has 0 aliphatic carbocycles. The summed E-state index contributed by atoms with van der Waals surface area (Å²) in [5, 5.41) is 0. The van der Waals surface area contributed by atoms with Crippen LogP contribution in [0.1, 0.15) is 67.7 Å². The highest BCUT2D eigenvalue weighted by Gasteiger charge is 2.13. The lowest BCUT2D eigenvalue weighted by Gasteiger charge is -2.22. The van der Waals surface area contributed by atoms with Crippen molar-refractivity contribution in [2.24, 2.45) is 0 Å². The van der Waals surface area contributed by atoms with Gasteiger partial charge in [0, 0.05) is 19.2 Å². The number of nitrogens with zero attached hydrogens (tertiary/aromatic N) is 1. The van der Waals surface area contributed by atoms with Gasteiger partial charge in [-0.2, -0.15) is 0 Å². The molecule has 0 aromatic heterocycles. The molecule has 0 fully saturated rings. The summed E-state index contributed by atoms with van der Waals surface area (Å²) < 4.78 is 10.1. The Bertz CT molecular complexity index is 1150. The van der Waals surface area contributed by atoms with Gasteiger partial charge in [-0.05, 0) is 53.3 Å². The van der Waals surface area contributed by atoms with Crippen molar-refractivity contribution in [2.75, 3.05) is 13.7 Å². The third-order valence-corrected chi connectivity index (χ3v) is 6.63. The van der Waals surface area contributed by atoms with E-state index in [0.717, 1.165) is 23.1 Å². The first kappa shape index (κ1) is 29.7. The van der Waals surface area contributed by atoms with Gasteiger partial charge in [0.05, 0.1) is 7.11 Å². The van der Waals surface area contributed by atoms with Crippen LogP contribution in [-0.2, 0) is 33.8 Å². The average Bonchev–Trinajstić information content (AvgIpc) is 2.98. The summed E-state index contributed by atoms with van der Waals surface area (Å²) in [6.45, 7) is 3.07. The molecule has 0 atom stereocenters. The Morgan fingerprint density at radius 1 is 0.744 bits per heavy atom. The van der Waals surface area contributed by atoms with Crippen LogP contribution in [0.5, 0.6) is 5.75 Å². The van der Waals surface area contributed by atoms with Crippen molar-refractivity contribution in [3.05, 3.63) is 107 Å². The number of esters is 1. The number of methoxy groups -OCH3 is 1. The molecule has 5 heteroatoms. The summed E-state index contributed by atoms with van der Waals surface area (Å²) >= 11 is 0. The average molecular weight is 528 g/mol. The number of rotatable bonds is 16. The second-order valence-corrected chi connectivity index (χ2v) is 9.78. The van der Waals surface area contributed by atoms with Crippen LogP contribution in [0.3, 0.4) is 0 Å². The molecule has 3 aromatic carbocycles. The maximum atomic E-state index is 13.3. The fourth-order valence-corrected chi connectivity index (χ4v) is 4.30. The van der Waals surface area contributed by atoms with Gasteiger partial charge in [-0.25, -0.2) is 4.79 Å². The quantitative estimate of drug-likeness (QED) is 0.111. The zero-order chi connectivity index (χ0) is 27.7. The SMILES string of the molecule is CCCCCCCCc1ccc(CN(Cc2ccc(OCC(=O)OC)cc2)C(=O)/C=C/c2ccccc2)cc1. The first-order valence-corrected chi connectivity index (χ1v) is 14.0. The van der Waals surface area contributed by atoms with E-state index in [1.54, 1.807) is 18.2 Å². The van der Waals surface area contributed by atoms with E-state index in [1.165, 1.54) is 51.2 Å². The molecule has 0 bridgehead atoms. The molecule has 0 saturated carbocycles. The number of carbonyl (C=O) groups excluding carboxylic acids is 2. The third kappa shape index (κ3) is 11.2. The fourth-order valence-electron chi connectivity index (χ4n) is 4.30. The molecular formula is C34H41NO4. The van der Waals surface area contributed by atoms with Gasteiger partial charge in [-0.3, -0.25) is 4.79 Å². The van der Waals surface area contributed by atoms with Crippen LogP contribution in [0.2, 0.25) is 0 Å². The maximum absolute atomic E-state index is 13.3. The predicted octanol–water partition coefficient (Wildman–Crippen LogP) is 7.38. The highest BCUT2D eigenvalue weighted by atomic mass is 16.6. The van der Waals surface area contributed by atoms with Crippen LogP contribution in [0, 0.1) is 0 Å². The van der Waals surface area contributed by atoms with Crippen LogP contribution in [0.25, 0.3) is 6.08 Å². The van der Waals surface area contributed by atoms with E-state index in [9.17, 15) is 9.59 Å². The Hall–Kier alpha value is -3.86. The minimum absolute atomic E-state index is 0.0546. The van der Waals surface area contributed by atoms with Crippen molar-refractivity contribution in [1.82, 2.24) is 4.90 Å². The second-order valence-electron chi connectivity index (χ2n) is 9.78. The Morgan fingerprint density at radius 3 is 1.97 bits per heavy atom. The first-order valence-electron chi connectivity index (χ1n) is 14.0. The largest absolute Gasteiger partial charge is 0.482 e. The van der Waals surface area contributed by atoms with E-state index in [-0.39, 0.29) is 12.5 Å². The lowest BCUT2D eigenvalue weighted by molar-refractivity contribution is -0.142. The van der Waals surface area contributed by atoms with Crippen molar-refractivity contribution in [2.45, 2.75) is 65.0 Å². The normalized spacial score (nSPS) is 10.9. The second kappa shape index (κ2) is 16.9. The number of aryl methyl sites for hydroxylation is 1. The summed E-state index contributed by atoms with van der Waals surface area (Å²) in [7, 11) is 1.33. The zero-order valence-corrected chi connectivity index (χ0v) is 23.3. The van der Waals surface area contributed by atoms with Crippen molar-refractivity contribution in [3.63, 3.8) is 0 Å². The van der Waals surface area contributed by atoms with Gasteiger partial charge < -0.3 is 14.4 Å². The number of unbranched alkanes of at least 4 members (excludes halogenated alkanes) is 5. The molecule has 3 aromatic rings. The molecule has 39 heavy (non-hydrogen) atoms. The Balaban J connectivity index is 1.64. The number of amides is 1. The Kier molecular flexibility index (Phi) is 12.8. The van der Waals surface area contributed by atoms with E-state index in [2.05, 4.69) is 35.9 Å². The van der Waals surface area contributed by atoms with Crippen LogP contribution in [0.15, 0.2) is 84.9 Å². The molecule has 0 saturated heterocycles. The Morgan fingerprint density at radius 2 is 1.33 bits per heavy atom. The summed E-state index contributed by atoms with van der Waals surface area (Å²) in [6, 6.07) is 25.9. The molecule has 206 valence electrons. The molecule has 3 rings (SSSR count). The molecule has 1 amide bonds. The molecule has 0 radical (unpaired) electrons. The number of carbonyl (C=O) groups is 2. The predicted molar refractivity (Wildman–Crippen MR) is 157 cm³/mol. The van der Waals surface area contributed by atoms with Crippen molar-refractivity contribution < 1.29 is 19.1 Å². The number of hydrogen-bond acceptors (Lipinski definition) is 4. The van der Waals surface area contributed by atoms with Crippen molar-refractivity contribution in [3.8, 4) is 5.75 Å². The van der Waals surface area contributed by atoms with Crippen molar-refractivity contribution >= 4 is 18.0 Å². The molecule has 0 heterocycles. The lowest BCUT2D eigenvalue weighted by atomic mass is 10.0. The van der Waals surface area contributed by atoms with Gasteiger partial charge in [0.15, 0.2) is 6.61 Å². The number of ether oxygens (including phenoxy) is 2. The highest BCUT2D eigenvalue weighted by Crippen LogP contribution is 2.17. The molecule has 0 unspecified atom stereocenters. The van der Waals surface area contributed by atoms with Gasteiger partial charge >= 0.3 is 5.97 Å². The van der Waals surface area contributed by atoms with E-state index < -0.39 is 5.97 Å². The minimum Gasteiger partial charge on any atom is -0.482 e. The van der Waals surface area contributed by atoms with Gasteiger partial charge in [0.25, 0.3) is 0 Å². The first-order chi connectivity index (χ1) is 19.1. The van der Waals surface area contributed by atoms with E-state index in [1.807, 2.05) is 53.4 Å². The topological polar surface area (TPSA) is 55.8 Å². The smallest absolute Gasteiger partial charge is 0.343 e. The minimum atomic E-state index is -0.431. The molecule has 0 aliphatic rings. The van der Waals surface area contributed by atoms with Gasteiger partial charge in [-0.1, -0.05) is 106 Å². The van der Waals surface area contributed by atoms with E-state index in [4.69, 9.17) is 4.74 Å². The van der Waals surface area contributed by atoms with Gasteiger partial charge in [0.1, 0.15) is 5.75 Å². The summed E-state index contributed by atoms with van der Waals surface area (Å²) in [5.74, 6) is 0.0898. The molecule has 5 nitrogen and oxygen atoms in total. The molecular weight excluding hydrogens is 486 g/mol. The maximum Gasteiger partial charge on any atom is 0.343 e. The van der Waals surface area contributed by atoms with E-state index in [0.29, 0.717) is 18.8 Å². The standard InChI is InChI=1S/C34H41NO4/c1-3-4-5-6-7-9-14-29-15-17-30(18-16-29)25-35(33(36)24-21-28-12-10-8-11-13-28)26-31-19-22-32(23-20-31)39-27-34(37)38-2/h8,10-13,15-24H,3-7,9,14,25-27H2,1-2H3/b24-21+. The molecule has 0 aliphatic heterocycles. The fraction of sp³-hybridized carbons (Fsp3) is 0.353. The van der Waals surface area contributed by atoms with Crippen LogP contribution < -0.4 is 4.74 Å². The summed E-state index contributed by atoms with van der Waals surface area (Å²) in [6.07, 6.45) is 12.3.